The molecule has 2 rings (SSSR count). The Bertz CT molecular complexity index is 616. The van der Waals surface area contributed by atoms with Gasteiger partial charge in [0.15, 0.2) is 0 Å². The lowest BCUT2D eigenvalue weighted by Crippen LogP contribution is -1.96. The summed E-state index contributed by atoms with van der Waals surface area (Å²) in [6, 6.07) is 8.13. The van der Waals surface area contributed by atoms with Gasteiger partial charge in [-0.15, -0.1) is 0 Å². The van der Waals surface area contributed by atoms with E-state index in [1.807, 2.05) is 6.92 Å². The third kappa shape index (κ3) is 3.45. The van der Waals surface area contributed by atoms with E-state index in [0.29, 0.717) is 22.6 Å². The van der Waals surface area contributed by atoms with Crippen LogP contribution in [-0.2, 0) is 0 Å². The summed E-state index contributed by atoms with van der Waals surface area (Å²) in [7, 11) is 0. The fraction of sp³-hybridized carbons (Fsp3) is 0.154. The highest BCUT2D eigenvalue weighted by Crippen LogP contribution is 2.31. The zero-order valence-electron chi connectivity index (χ0n) is 10.6. The first kappa shape index (κ1) is 14.3. The van der Waals surface area contributed by atoms with E-state index in [-0.39, 0.29) is 11.6 Å². The molecule has 0 aliphatic heterocycles. The Hall–Kier alpha value is -2.15. The molecular weight excluding hydrogens is 328 g/mol. The number of nitro groups is 1. The predicted molar refractivity (Wildman–Crippen MR) is 76.3 cm³/mol. The normalized spacial score (nSPS) is 10.1. The maximum Gasteiger partial charge on any atom is 0.332 e. The maximum absolute atomic E-state index is 10.9. The summed E-state index contributed by atoms with van der Waals surface area (Å²) in [6.07, 6.45) is 1.44. The van der Waals surface area contributed by atoms with Crippen molar-refractivity contribution < 1.29 is 14.4 Å². The number of halogens is 1. The quantitative estimate of drug-likeness (QED) is 0.609. The van der Waals surface area contributed by atoms with Crippen molar-refractivity contribution in [3.63, 3.8) is 0 Å². The molecule has 1 aromatic heterocycles. The molecule has 0 amide bonds. The number of hydrogen-bond donors (Lipinski definition) is 0. The molecule has 1 heterocycles. The Morgan fingerprint density at radius 2 is 1.95 bits per heavy atom. The van der Waals surface area contributed by atoms with Crippen LogP contribution in [0.15, 0.2) is 41.0 Å². The molecule has 0 N–H and O–H groups in total. The van der Waals surface area contributed by atoms with Crippen molar-refractivity contribution >= 4 is 21.6 Å². The fourth-order valence-corrected chi connectivity index (χ4v) is 1.83. The smallest absolute Gasteiger partial charge is 0.332 e. The Labute approximate surface area is 123 Å². The molecule has 0 saturated heterocycles. The van der Waals surface area contributed by atoms with Gasteiger partial charge in [-0.05, 0) is 47.1 Å². The third-order valence-corrected chi connectivity index (χ3v) is 2.78. The molecule has 0 unspecified atom stereocenters. The first-order valence-corrected chi connectivity index (χ1v) is 6.60. The monoisotopic (exact) mass is 338 g/mol. The second-order valence-corrected chi connectivity index (χ2v) is 4.66. The van der Waals surface area contributed by atoms with E-state index < -0.39 is 4.92 Å². The van der Waals surface area contributed by atoms with Gasteiger partial charge >= 0.3 is 5.69 Å². The van der Waals surface area contributed by atoms with Crippen LogP contribution in [0.5, 0.6) is 17.4 Å². The van der Waals surface area contributed by atoms with Crippen LogP contribution in [0.2, 0.25) is 0 Å². The van der Waals surface area contributed by atoms with Gasteiger partial charge in [0.1, 0.15) is 11.5 Å². The van der Waals surface area contributed by atoms with Gasteiger partial charge in [0.2, 0.25) is 0 Å². The summed E-state index contributed by atoms with van der Waals surface area (Å²) in [6.45, 7) is 2.46. The van der Waals surface area contributed by atoms with Crippen LogP contribution in [0, 0.1) is 10.1 Å². The number of rotatable bonds is 5. The summed E-state index contributed by atoms with van der Waals surface area (Å²) in [5, 5.41) is 10.9. The number of aromatic nitrogens is 1. The van der Waals surface area contributed by atoms with Crippen LogP contribution in [0.1, 0.15) is 6.92 Å². The van der Waals surface area contributed by atoms with Crippen molar-refractivity contribution in [2.45, 2.75) is 6.92 Å². The Morgan fingerprint density at radius 3 is 2.55 bits per heavy atom. The zero-order valence-corrected chi connectivity index (χ0v) is 12.2. The minimum Gasteiger partial charge on any atom is -0.494 e. The lowest BCUT2D eigenvalue weighted by Gasteiger charge is -2.07. The summed E-state index contributed by atoms with van der Waals surface area (Å²) in [4.78, 5) is 14.3. The number of benzene rings is 1. The van der Waals surface area contributed by atoms with Crippen molar-refractivity contribution in [2.24, 2.45) is 0 Å². The van der Waals surface area contributed by atoms with Gasteiger partial charge in [-0.3, -0.25) is 10.1 Å². The van der Waals surface area contributed by atoms with Gasteiger partial charge < -0.3 is 9.47 Å². The van der Waals surface area contributed by atoms with Crippen molar-refractivity contribution in [1.82, 2.24) is 4.98 Å². The first-order chi connectivity index (χ1) is 9.60. The average molecular weight is 339 g/mol. The predicted octanol–water partition coefficient (Wildman–Crippen LogP) is 3.94. The number of hydrogen-bond acceptors (Lipinski definition) is 5. The zero-order chi connectivity index (χ0) is 14.5. The summed E-state index contributed by atoms with van der Waals surface area (Å²) < 4.78 is 11.2. The highest BCUT2D eigenvalue weighted by Gasteiger charge is 2.18. The van der Waals surface area contributed by atoms with Crippen LogP contribution in [0.25, 0.3) is 0 Å². The van der Waals surface area contributed by atoms with Gasteiger partial charge in [-0.25, -0.2) is 4.98 Å². The Kier molecular flexibility index (Phi) is 4.52. The topological polar surface area (TPSA) is 74.5 Å². The lowest BCUT2D eigenvalue weighted by atomic mass is 10.3. The summed E-state index contributed by atoms with van der Waals surface area (Å²) in [5.74, 6) is 1.10. The molecule has 6 nitrogen and oxygen atoms in total. The first-order valence-electron chi connectivity index (χ1n) is 5.81. The largest absolute Gasteiger partial charge is 0.494 e. The highest BCUT2D eigenvalue weighted by atomic mass is 79.9. The number of ether oxygens (including phenoxy) is 2. The van der Waals surface area contributed by atoms with Crippen LogP contribution >= 0.6 is 15.9 Å². The van der Waals surface area contributed by atoms with Crippen molar-refractivity contribution in [3.8, 4) is 17.4 Å². The second kappa shape index (κ2) is 6.33. The molecule has 2 aromatic rings. The van der Waals surface area contributed by atoms with Crippen LogP contribution in [-0.4, -0.2) is 16.5 Å². The van der Waals surface area contributed by atoms with Crippen molar-refractivity contribution in [1.29, 1.82) is 0 Å². The summed E-state index contributed by atoms with van der Waals surface area (Å²) >= 11 is 3.14. The molecule has 104 valence electrons. The number of pyridine rings is 1. The number of nitrogens with zero attached hydrogens (tertiary/aromatic N) is 2. The minimum absolute atomic E-state index is 0.0534. The standard InChI is InChI=1S/C13H11BrN2O4/c1-2-19-10-3-5-11(6-4-10)20-13-12(16(17)18)7-9(14)8-15-13/h3-8H,2H2,1H3. The average Bonchev–Trinajstić information content (AvgIpc) is 2.43. The molecule has 0 fully saturated rings. The van der Waals surface area contributed by atoms with Crippen molar-refractivity contribution in [2.75, 3.05) is 6.61 Å². The molecular formula is C13H11BrN2O4. The molecule has 0 aliphatic rings. The van der Waals surface area contributed by atoms with Gasteiger partial charge in [-0.1, -0.05) is 0 Å². The molecule has 0 radical (unpaired) electrons. The maximum atomic E-state index is 10.9. The van der Waals surface area contributed by atoms with E-state index in [1.54, 1.807) is 24.3 Å². The van der Waals surface area contributed by atoms with Crippen molar-refractivity contribution in [3.05, 3.63) is 51.1 Å². The third-order valence-electron chi connectivity index (χ3n) is 2.34. The van der Waals surface area contributed by atoms with E-state index in [0.717, 1.165) is 0 Å². The molecule has 0 atom stereocenters. The molecule has 0 bridgehead atoms. The molecule has 1 aromatic carbocycles. The fourth-order valence-electron chi connectivity index (χ4n) is 1.51. The highest BCUT2D eigenvalue weighted by molar-refractivity contribution is 9.10. The Balaban J connectivity index is 2.23. The molecule has 20 heavy (non-hydrogen) atoms. The van der Waals surface area contributed by atoms with Gasteiger partial charge in [0.05, 0.1) is 11.5 Å². The van der Waals surface area contributed by atoms with E-state index in [9.17, 15) is 10.1 Å². The van der Waals surface area contributed by atoms with Gasteiger partial charge in [0, 0.05) is 16.7 Å². The van der Waals surface area contributed by atoms with E-state index in [4.69, 9.17) is 9.47 Å². The molecule has 0 aliphatic carbocycles. The minimum atomic E-state index is -0.540. The Morgan fingerprint density at radius 1 is 1.30 bits per heavy atom. The lowest BCUT2D eigenvalue weighted by molar-refractivity contribution is -0.386. The van der Waals surface area contributed by atoms with Crippen LogP contribution in [0.4, 0.5) is 5.69 Å². The molecule has 0 saturated carbocycles. The SMILES string of the molecule is CCOc1ccc(Oc2ncc(Br)cc2[N+](=O)[O-])cc1. The van der Waals surface area contributed by atoms with Crippen LogP contribution < -0.4 is 9.47 Å². The molecule has 0 spiro atoms. The van der Waals surface area contributed by atoms with Gasteiger partial charge in [-0.2, -0.15) is 0 Å². The van der Waals surface area contributed by atoms with Crippen LogP contribution in [0.3, 0.4) is 0 Å². The van der Waals surface area contributed by atoms with Gasteiger partial charge in [0.25, 0.3) is 5.88 Å². The second-order valence-electron chi connectivity index (χ2n) is 3.74. The van der Waals surface area contributed by atoms with E-state index in [1.165, 1.54) is 12.3 Å². The van der Waals surface area contributed by atoms with E-state index >= 15 is 0 Å². The van der Waals surface area contributed by atoms with E-state index in [2.05, 4.69) is 20.9 Å². The summed E-state index contributed by atoms with van der Waals surface area (Å²) in [5.41, 5.74) is -0.201. The molecule has 7 heteroatoms.